The molecule has 1 aromatic heterocycles. The average molecular weight is 279 g/mol. The molecule has 19 heavy (non-hydrogen) atoms. The first-order chi connectivity index (χ1) is 9.31. The molecule has 1 aliphatic rings. The molecule has 0 bridgehead atoms. The lowest BCUT2D eigenvalue weighted by molar-refractivity contribution is 0.415. The van der Waals surface area contributed by atoms with Gasteiger partial charge in [-0.3, -0.25) is 0 Å². The van der Waals surface area contributed by atoms with E-state index in [1.807, 2.05) is 12.1 Å². The molecule has 0 saturated heterocycles. The number of aryl methyl sites for hydroxylation is 1. The molecule has 4 heteroatoms. The summed E-state index contributed by atoms with van der Waals surface area (Å²) in [6, 6.07) is 6.00. The summed E-state index contributed by atoms with van der Waals surface area (Å²) in [5.41, 5.74) is 2.13. The molecule has 0 spiro atoms. The molecular formula is C15H19ClN2O. The molecule has 1 heterocycles. The van der Waals surface area contributed by atoms with Gasteiger partial charge in [0.25, 0.3) is 0 Å². The third kappa shape index (κ3) is 2.71. The molecule has 1 aliphatic carbocycles. The number of imidazole rings is 1. The highest BCUT2D eigenvalue weighted by Gasteiger charge is 2.20. The number of fused-ring (bicyclic) bond motifs is 1. The maximum Gasteiger partial charge on any atom is 0.124 e. The Morgan fingerprint density at radius 3 is 2.95 bits per heavy atom. The van der Waals surface area contributed by atoms with Gasteiger partial charge in [-0.25, -0.2) is 4.98 Å². The van der Waals surface area contributed by atoms with Gasteiger partial charge in [0.1, 0.15) is 11.6 Å². The van der Waals surface area contributed by atoms with Crippen molar-refractivity contribution in [2.24, 2.45) is 5.92 Å². The molecule has 0 radical (unpaired) electrons. The van der Waals surface area contributed by atoms with E-state index in [-0.39, 0.29) is 0 Å². The molecule has 102 valence electrons. The summed E-state index contributed by atoms with van der Waals surface area (Å²) < 4.78 is 7.54. The highest BCUT2D eigenvalue weighted by atomic mass is 35.5. The minimum absolute atomic E-state index is 0.459. The average Bonchev–Trinajstić information content (AvgIpc) is 3.20. The summed E-state index contributed by atoms with van der Waals surface area (Å²) in [4.78, 5) is 4.60. The van der Waals surface area contributed by atoms with E-state index in [1.165, 1.54) is 25.7 Å². The van der Waals surface area contributed by atoms with Gasteiger partial charge in [0.15, 0.2) is 0 Å². The van der Waals surface area contributed by atoms with Crippen LogP contribution in [0.3, 0.4) is 0 Å². The Labute approximate surface area is 118 Å². The number of halogens is 1. The van der Waals surface area contributed by atoms with E-state index in [1.54, 1.807) is 7.11 Å². The van der Waals surface area contributed by atoms with Gasteiger partial charge >= 0.3 is 0 Å². The number of aromatic nitrogens is 2. The van der Waals surface area contributed by atoms with Crippen molar-refractivity contribution in [3.8, 4) is 5.75 Å². The minimum atomic E-state index is 0.459. The van der Waals surface area contributed by atoms with Gasteiger partial charge in [-0.05, 0) is 30.9 Å². The normalized spacial score (nSPS) is 15.1. The van der Waals surface area contributed by atoms with Gasteiger partial charge in [0.05, 0.1) is 24.0 Å². The summed E-state index contributed by atoms with van der Waals surface area (Å²) in [7, 11) is 1.69. The first-order valence-corrected chi connectivity index (χ1v) is 7.44. The summed E-state index contributed by atoms with van der Waals surface area (Å²) in [5, 5.41) is 0. The zero-order chi connectivity index (χ0) is 13.2. The van der Waals surface area contributed by atoms with Crippen LogP contribution in [-0.4, -0.2) is 16.7 Å². The molecule has 1 aromatic carbocycles. The summed E-state index contributed by atoms with van der Waals surface area (Å²) in [6.07, 6.45) is 5.37. The molecule has 0 aliphatic heterocycles. The van der Waals surface area contributed by atoms with Crippen LogP contribution in [0.4, 0.5) is 0 Å². The first kappa shape index (κ1) is 12.8. The molecule has 0 unspecified atom stereocenters. The van der Waals surface area contributed by atoms with Crippen LogP contribution in [0.2, 0.25) is 0 Å². The maximum atomic E-state index is 6.02. The number of ether oxygens (including phenoxy) is 1. The van der Waals surface area contributed by atoms with Crippen molar-refractivity contribution in [2.75, 3.05) is 7.11 Å². The van der Waals surface area contributed by atoms with Crippen molar-refractivity contribution in [3.05, 3.63) is 24.0 Å². The minimum Gasteiger partial charge on any atom is -0.497 e. The van der Waals surface area contributed by atoms with Crippen LogP contribution < -0.4 is 4.74 Å². The van der Waals surface area contributed by atoms with Crippen LogP contribution in [0.5, 0.6) is 5.75 Å². The fourth-order valence-corrected chi connectivity index (χ4v) is 2.78. The van der Waals surface area contributed by atoms with Crippen LogP contribution in [-0.2, 0) is 12.4 Å². The molecule has 1 saturated carbocycles. The van der Waals surface area contributed by atoms with Crippen molar-refractivity contribution in [2.45, 2.75) is 38.1 Å². The highest BCUT2D eigenvalue weighted by molar-refractivity contribution is 6.16. The Kier molecular flexibility index (Phi) is 3.65. The molecule has 0 amide bonds. The lowest BCUT2D eigenvalue weighted by Gasteiger charge is -2.08. The Hall–Kier alpha value is -1.22. The summed E-state index contributed by atoms with van der Waals surface area (Å²) >= 11 is 6.02. The molecule has 1 fully saturated rings. The Morgan fingerprint density at radius 1 is 1.42 bits per heavy atom. The van der Waals surface area contributed by atoms with E-state index in [0.717, 1.165) is 35.1 Å². The third-order valence-corrected chi connectivity index (χ3v) is 4.08. The third-order valence-electron chi connectivity index (χ3n) is 3.84. The lowest BCUT2D eigenvalue weighted by Crippen LogP contribution is -2.03. The number of rotatable bonds is 6. The Morgan fingerprint density at radius 2 is 2.26 bits per heavy atom. The number of hydrogen-bond acceptors (Lipinski definition) is 2. The standard InChI is InChI=1S/C15H19ClN2O/c1-19-12-6-7-13-14(9-12)18(15(10-16)17-13)8-2-3-11-4-5-11/h6-7,9,11H,2-5,8,10H2,1H3. The lowest BCUT2D eigenvalue weighted by atomic mass is 10.2. The van der Waals surface area contributed by atoms with Crippen molar-refractivity contribution in [1.29, 1.82) is 0 Å². The quantitative estimate of drug-likeness (QED) is 0.748. The predicted molar refractivity (Wildman–Crippen MR) is 77.8 cm³/mol. The summed E-state index contributed by atoms with van der Waals surface area (Å²) in [6.45, 7) is 1.00. The van der Waals surface area contributed by atoms with Crippen LogP contribution in [0.1, 0.15) is 31.5 Å². The van der Waals surface area contributed by atoms with E-state index in [9.17, 15) is 0 Å². The van der Waals surface area contributed by atoms with Crippen LogP contribution >= 0.6 is 11.6 Å². The molecule has 2 aromatic rings. The maximum absolute atomic E-state index is 6.02. The number of nitrogens with zero attached hydrogens (tertiary/aromatic N) is 2. The van der Waals surface area contributed by atoms with E-state index in [2.05, 4.69) is 15.6 Å². The smallest absolute Gasteiger partial charge is 0.124 e. The predicted octanol–water partition coefficient (Wildman–Crippen LogP) is 3.97. The van der Waals surface area contributed by atoms with Crippen LogP contribution in [0.25, 0.3) is 11.0 Å². The van der Waals surface area contributed by atoms with Gasteiger partial charge in [0, 0.05) is 12.6 Å². The molecule has 3 rings (SSSR count). The fraction of sp³-hybridized carbons (Fsp3) is 0.533. The van der Waals surface area contributed by atoms with Gasteiger partial charge in [-0.2, -0.15) is 0 Å². The second-order valence-corrected chi connectivity index (χ2v) is 5.52. The SMILES string of the molecule is COc1ccc2nc(CCl)n(CCCC3CC3)c2c1. The van der Waals surface area contributed by atoms with Crippen LogP contribution in [0.15, 0.2) is 18.2 Å². The zero-order valence-corrected chi connectivity index (χ0v) is 12.0. The highest BCUT2D eigenvalue weighted by Crippen LogP contribution is 2.34. The van der Waals surface area contributed by atoms with Crippen molar-refractivity contribution < 1.29 is 4.74 Å². The largest absolute Gasteiger partial charge is 0.497 e. The van der Waals surface area contributed by atoms with Gasteiger partial charge < -0.3 is 9.30 Å². The van der Waals surface area contributed by atoms with E-state index >= 15 is 0 Å². The zero-order valence-electron chi connectivity index (χ0n) is 11.2. The van der Waals surface area contributed by atoms with Gasteiger partial charge in [-0.15, -0.1) is 11.6 Å². The topological polar surface area (TPSA) is 27.1 Å². The Bertz CT molecular complexity index is 575. The van der Waals surface area contributed by atoms with Crippen LogP contribution in [0, 0.1) is 5.92 Å². The summed E-state index contributed by atoms with van der Waals surface area (Å²) in [5.74, 6) is 3.27. The van der Waals surface area contributed by atoms with Crippen molar-refractivity contribution in [3.63, 3.8) is 0 Å². The second kappa shape index (κ2) is 5.41. The number of methoxy groups -OCH3 is 1. The fourth-order valence-electron chi connectivity index (χ4n) is 2.58. The Balaban J connectivity index is 1.88. The van der Waals surface area contributed by atoms with Gasteiger partial charge in [0.2, 0.25) is 0 Å². The number of hydrogen-bond donors (Lipinski definition) is 0. The number of alkyl halides is 1. The van der Waals surface area contributed by atoms with Crippen molar-refractivity contribution in [1.82, 2.24) is 9.55 Å². The first-order valence-electron chi connectivity index (χ1n) is 6.91. The van der Waals surface area contributed by atoms with Gasteiger partial charge in [-0.1, -0.05) is 12.8 Å². The molecule has 3 nitrogen and oxygen atoms in total. The molecular weight excluding hydrogens is 260 g/mol. The number of benzene rings is 1. The second-order valence-electron chi connectivity index (χ2n) is 5.25. The molecule has 0 atom stereocenters. The van der Waals surface area contributed by atoms with E-state index < -0.39 is 0 Å². The van der Waals surface area contributed by atoms with E-state index in [0.29, 0.717) is 5.88 Å². The van der Waals surface area contributed by atoms with Crippen molar-refractivity contribution >= 4 is 22.6 Å². The van der Waals surface area contributed by atoms with E-state index in [4.69, 9.17) is 16.3 Å². The molecule has 0 N–H and O–H groups in total. The monoisotopic (exact) mass is 278 g/mol.